The third-order valence-electron chi connectivity index (χ3n) is 2.46. The highest BCUT2D eigenvalue weighted by Gasteiger charge is 2.02. The largest absolute Gasteiger partial charge is 0.356 e. The van der Waals surface area contributed by atoms with Crippen LogP contribution in [-0.2, 0) is 4.79 Å². The van der Waals surface area contributed by atoms with E-state index in [1.54, 1.807) is 6.92 Å². The first kappa shape index (κ1) is 10.3. The molecule has 0 atom stereocenters. The first-order valence-electron chi connectivity index (χ1n) is 5.21. The highest BCUT2D eigenvalue weighted by Crippen LogP contribution is 2.18. The molecule has 0 radical (unpaired) electrons. The molecule has 1 amide bonds. The minimum absolute atomic E-state index is 0.0780. The molecule has 0 aromatic rings. The van der Waals surface area contributed by atoms with Gasteiger partial charge in [-0.05, 0) is 32.1 Å². The second-order valence-electron chi connectivity index (χ2n) is 3.69. The second kappa shape index (κ2) is 5.79. The number of hydrogen-bond acceptors (Lipinski definition) is 1. The van der Waals surface area contributed by atoms with Crippen molar-refractivity contribution in [2.24, 2.45) is 0 Å². The fraction of sp³-hybridized carbons (Fsp3) is 0.727. The number of rotatable bonds is 3. The number of carbonyl (C=O) groups excluding carboxylic acids is 1. The van der Waals surface area contributed by atoms with Crippen molar-refractivity contribution in [1.29, 1.82) is 0 Å². The van der Waals surface area contributed by atoms with Crippen LogP contribution in [0.4, 0.5) is 0 Å². The Bertz CT molecular complexity index is 196. The van der Waals surface area contributed by atoms with Gasteiger partial charge in [0.05, 0.1) is 0 Å². The van der Waals surface area contributed by atoms with Crippen LogP contribution in [0.3, 0.4) is 0 Å². The van der Waals surface area contributed by atoms with Crippen molar-refractivity contribution in [3.05, 3.63) is 11.6 Å². The van der Waals surface area contributed by atoms with Crippen LogP contribution in [0.5, 0.6) is 0 Å². The predicted molar refractivity (Wildman–Crippen MR) is 54.5 cm³/mol. The van der Waals surface area contributed by atoms with Gasteiger partial charge < -0.3 is 5.32 Å². The smallest absolute Gasteiger partial charge is 0.216 e. The molecule has 0 heterocycles. The number of hydrogen-bond donors (Lipinski definition) is 1. The first-order valence-corrected chi connectivity index (χ1v) is 5.21. The average molecular weight is 181 g/mol. The minimum Gasteiger partial charge on any atom is -0.356 e. The van der Waals surface area contributed by atoms with Crippen molar-refractivity contribution in [2.45, 2.75) is 45.4 Å². The van der Waals surface area contributed by atoms with Gasteiger partial charge in [-0.1, -0.05) is 18.1 Å². The maximum Gasteiger partial charge on any atom is 0.216 e. The third-order valence-corrected chi connectivity index (χ3v) is 2.46. The Balaban J connectivity index is 2.18. The maximum absolute atomic E-state index is 10.6. The van der Waals surface area contributed by atoms with E-state index in [9.17, 15) is 4.79 Å². The number of nitrogens with one attached hydrogen (secondary N) is 1. The molecule has 2 heteroatoms. The molecule has 1 rings (SSSR count). The van der Waals surface area contributed by atoms with E-state index in [-0.39, 0.29) is 5.91 Å². The Hall–Kier alpha value is -0.790. The molecule has 0 fully saturated rings. The van der Waals surface area contributed by atoms with Crippen molar-refractivity contribution in [3.63, 3.8) is 0 Å². The summed E-state index contributed by atoms with van der Waals surface area (Å²) in [4.78, 5) is 10.6. The zero-order valence-corrected chi connectivity index (χ0v) is 8.44. The van der Waals surface area contributed by atoms with Gasteiger partial charge in [0.2, 0.25) is 5.91 Å². The van der Waals surface area contributed by atoms with Crippen LogP contribution in [0.25, 0.3) is 0 Å². The number of amides is 1. The normalized spacial score (nSPS) is 17.5. The molecule has 0 saturated carbocycles. The van der Waals surface area contributed by atoms with Crippen LogP contribution in [0.1, 0.15) is 45.4 Å². The fourth-order valence-electron chi connectivity index (χ4n) is 1.71. The van der Waals surface area contributed by atoms with Crippen LogP contribution >= 0.6 is 0 Å². The van der Waals surface area contributed by atoms with Crippen molar-refractivity contribution < 1.29 is 4.79 Å². The van der Waals surface area contributed by atoms with Crippen molar-refractivity contribution in [3.8, 4) is 0 Å². The van der Waals surface area contributed by atoms with Crippen LogP contribution < -0.4 is 5.32 Å². The highest BCUT2D eigenvalue weighted by molar-refractivity contribution is 5.72. The van der Waals surface area contributed by atoms with Gasteiger partial charge in [-0.3, -0.25) is 4.79 Å². The first-order chi connectivity index (χ1) is 6.29. The van der Waals surface area contributed by atoms with Gasteiger partial charge in [0.1, 0.15) is 0 Å². The van der Waals surface area contributed by atoms with Gasteiger partial charge in [-0.2, -0.15) is 0 Å². The fourth-order valence-corrected chi connectivity index (χ4v) is 1.71. The molecule has 0 bridgehead atoms. The molecular formula is C11H19NO. The van der Waals surface area contributed by atoms with Gasteiger partial charge in [0.25, 0.3) is 0 Å². The lowest BCUT2D eigenvalue weighted by Crippen LogP contribution is -2.21. The Morgan fingerprint density at radius 1 is 1.46 bits per heavy atom. The predicted octanol–water partition coefficient (Wildman–Crippen LogP) is 2.40. The Morgan fingerprint density at radius 2 is 2.31 bits per heavy atom. The molecule has 2 nitrogen and oxygen atoms in total. The molecule has 0 unspecified atom stereocenters. The topological polar surface area (TPSA) is 29.1 Å². The zero-order chi connectivity index (χ0) is 9.52. The summed E-state index contributed by atoms with van der Waals surface area (Å²) in [6.07, 6.45) is 9.89. The molecule has 0 aliphatic heterocycles. The molecule has 0 saturated heterocycles. The van der Waals surface area contributed by atoms with E-state index >= 15 is 0 Å². The summed E-state index contributed by atoms with van der Waals surface area (Å²) in [5.41, 5.74) is 1.53. The van der Waals surface area contributed by atoms with E-state index in [0.717, 1.165) is 13.0 Å². The van der Waals surface area contributed by atoms with Gasteiger partial charge in [0, 0.05) is 13.5 Å². The molecule has 74 valence electrons. The molecule has 1 aliphatic rings. The highest BCUT2D eigenvalue weighted by atomic mass is 16.1. The van der Waals surface area contributed by atoms with E-state index in [1.165, 1.54) is 37.7 Å². The summed E-state index contributed by atoms with van der Waals surface area (Å²) in [7, 11) is 0. The van der Waals surface area contributed by atoms with Crippen LogP contribution in [0, 0.1) is 0 Å². The molecule has 0 spiro atoms. The summed E-state index contributed by atoms with van der Waals surface area (Å²) in [5.74, 6) is 0.0780. The summed E-state index contributed by atoms with van der Waals surface area (Å²) < 4.78 is 0. The minimum atomic E-state index is 0.0780. The maximum atomic E-state index is 10.6. The Morgan fingerprint density at radius 3 is 3.08 bits per heavy atom. The summed E-state index contributed by atoms with van der Waals surface area (Å²) >= 11 is 0. The Kier molecular flexibility index (Phi) is 4.58. The summed E-state index contributed by atoms with van der Waals surface area (Å²) in [6.45, 7) is 2.38. The molecule has 1 aliphatic carbocycles. The van der Waals surface area contributed by atoms with Crippen molar-refractivity contribution >= 4 is 5.91 Å². The van der Waals surface area contributed by atoms with Crippen molar-refractivity contribution in [2.75, 3.05) is 6.54 Å². The van der Waals surface area contributed by atoms with E-state index in [2.05, 4.69) is 11.4 Å². The van der Waals surface area contributed by atoms with E-state index in [0.29, 0.717) is 0 Å². The van der Waals surface area contributed by atoms with E-state index in [1.807, 2.05) is 0 Å². The van der Waals surface area contributed by atoms with Crippen LogP contribution in [-0.4, -0.2) is 12.5 Å². The molecule has 0 aromatic heterocycles. The van der Waals surface area contributed by atoms with E-state index in [4.69, 9.17) is 0 Å². The monoisotopic (exact) mass is 181 g/mol. The summed E-state index contributed by atoms with van der Waals surface area (Å²) in [6, 6.07) is 0. The quantitative estimate of drug-likeness (QED) is 0.665. The van der Waals surface area contributed by atoms with E-state index < -0.39 is 0 Å². The SMILES string of the molecule is CC(=O)NCCC1=CCCCCC1. The van der Waals surface area contributed by atoms with Crippen molar-refractivity contribution in [1.82, 2.24) is 5.32 Å². The zero-order valence-electron chi connectivity index (χ0n) is 8.44. The lowest BCUT2D eigenvalue weighted by atomic mass is 10.1. The second-order valence-corrected chi connectivity index (χ2v) is 3.69. The molecule has 13 heavy (non-hydrogen) atoms. The molecular weight excluding hydrogens is 162 g/mol. The Labute approximate surface area is 80.4 Å². The average Bonchev–Trinajstić information content (AvgIpc) is 2.32. The lowest BCUT2D eigenvalue weighted by molar-refractivity contribution is -0.118. The standard InChI is InChI=1S/C11H19NO/c1-10(13)12-9-8-11-6-4-2-3-5-7-11/h6H,2-5,7-9H2,1H3,(H,12,13). The van der Waals surface area contributed by atoms with Crippen LogP contribution in [0.15, 0.2) is 11.6 Å². The van der Waals surface area contributed by atoms with Gasteiger partial charge in [0.15, 0.2) is 0 Å². The van der Waals surface area contributed by atoms with Gasteiger partial charge in [-0.15, -0.1) is 0 Å². The molecule has 1 N–H and O–H groups in total. The number of allylic oxidation sites excluding steroid dienone is 1. The third kappa shape index (κ3) is 4.71. The lowest BCUT2D eigenvalue weighted by Gasteiger charge is -2.05. The number of carbonyl (C=O) groups is 1. The molecule has 0 aromatic carbocycles. The summed E-state index contributed by atoms with van der Waals surface area (Å²) in [5, 5.41) is 2.83. The van der Waals surface area contributed by atoms with Gasteiger partial charge in [-0.25, -0.2) is 0 Å². The van der Waals surface area contributed by atoms with Crippen LogP contribution in [0.2, 0.25) is 0 Å². The van der Waals surface area contributed by atoms with Gasteiger partial charge >= 0.3 is 0 Å².